The van der Waals surface area contributed by atoms with E-state index in [1.807, 2.05) is 24.3 Å². The van der Waals surface area contributed by atoms with Gasteiger partial charge < -0.3 is 15.4 Å². The minimum absolute atomic E-state index is 0.145. The number of nitrogens with one attached hydrogen (secondary N) is 2. The van der Waals surface area contributed by atoms with E-state index in [0.717, 1.165) is 17.7 Å². The van der Waals surface area contributed by atoms with E-state index in [4.69, 9.17) is 4.74 Å². The lowest BCUT2D eigenvalue weighted by atomic mass is 10.1. The Bertz CT molecular complexity index is 821. The molecule has 2 N–H and O–H groups in total. The predicted molar refractivity (Wildman–Crippen MR) is 96.5 cm³/mol. The van der Waals surface area contributed by atoms with Crippen LogP contribution in [0.1, 0.15) is 15.2 Å². The van der Waals surface area contributed by atoms with Gasteiger partial charge >= 0.3 is 0 Å². The molecule has 2 aromatic heterocycles. The van der Waals surface area contributed by atoms with Crippen LogP contribution in [0.15, 0.2) is 48.9 Å². The molecule has 0 spiro atoms. The number of hydrogen-bond acceptors (Lipinski definition) is 7. The molecule has 8 heteroatoms. The zero-order valence-electron chi connectivity index (χ0n) is 13.6. The fraction of sp³-hybridized carbons (Fsp3) is 0.176. The number of nitrogens with zero attached hydrogens (tertiary/aromatic N) is 3. The molecule has 0 bridgehead atoms. The number of rotatable bonds is 7. The smallest absolute Gasteiger partial charge is 0.263 e. The van der Waals surface area contributed by atoms with Crippen molar-refractivity contribution in [1.29, 1.82) is 0 Å². The molecule has 7 nitrogen and oxygen atoms in total. The fourth-order valence-electron chi connectivity index (χ4n) is 2.10. The van der Waals surface area contributed by atoms with Gasteiger partial charge in [0.25, 0.3) is 5.91 Å². The number of ether oxygens (including phenoxy) is 1. The first-order valence-electron chi connectivity index (χ1n) is 7.65. The number of carbonyl (C=O) groups is 1. The monoisotopic (exact) mass is 355 g/mol. The first-order valence-corrected chi connectivity index (χ1v) is 8.47. The van der Waals surface area contributed by atoms with Gasteiger partial charge in [-0.25, -0.2) is 15.0 Å². The van der Waals surface area contributed by atoms with Crippen molar-refractivity contribution in [3.05, 3.63) is 59.4 Å². The number of benzene rings is 1. The summed E-state index contributed by atoms with van der Waals surface area (Å²) in [6, 6.07) is 9.52. The highest BCUT2D eigenvalue weighted by atomic mass is 32.1. The summed E-state index contributed by atoms with van der Waals surface area (Å²) in [6.45, 7) is 0.549. The topological polar surface area (TPSA) is 89.0 Å². The molecular weight excluding hydrogens is 338 g/mol. The molecule has 0 radical (unpaired) electrons. The summed E-state index contributed by atoms with van der Waals surface area (Å²) in [6.07, 6.45) is 5.56. The Labute approximate surface area is 149 Å². The molecule has 128 valence electrons. The zero-order valence-corrected chi connectivity index (χ0v) is 14.4. The van der Waals surface area contributed by atoms with Crippen LogP contribution in [0.2, 0.25) is 0 Å². The average molecular weight is 355 g/mol. The van der Waals surface area contributed by atoms with E-state index in [1.54, 1.807) is 31.8 Å². The molecule has 1 amide bonds. The second-order valence-electron chi connectivity index (χ2n) is 5.08. The molecule has 3 aromatic rings. The van der Waals surface area contributed by atoms with Crippen LogP contribution in [0.25, 0.3) is 0 Å². The third-order valence-electron chi connectivity index (χ3n) is 3.37. The maximum absolute atomic E-state index is 12.2. The van der Waals surface area contributed by atoms with Crippen molar-refractivity contribution < 1.29 is 9.53 Å². The molecule has 1 aromatic carbocycles. The van der Waals surface area contributed by atoms with Crippen molar-refractivity contribution in [3.8, 4) is 5.75 Å². The van der Waals surface area contributed by atoms with Crippen molar-refractivity contribution in [2.24, 2.45) is 0 Å². The van der Waals surface area contributed by atoms with E-state index in [-0.39, 0.29) is 5.91 Å². The largest absolute Gasteiger partial charge is 0.497 e. The van der Waals surface area contributed by atoms with Gasteiger partial charge in [-0.1, -0.05) is 23.5 Å². The van der Waals surface area contributed by atoms with Gasteiger partial charge in [0.1, 0.15) is 10.6 Å². The van der Waals surface area contributed by atoms with Gasteiger partial charge in [0.2, 0.25) is 5.95 Å². The molecule has 0 aliphatic heterocycles. The van der Waals surface area contributed by atoms with Crippen molar-refractivity contribution in [1.82, 2.24) is 20.3 Å². The lowest BCUT2D eigenvalue weighted by Gasteiger charge is -2.05. The first-order chi connectivity index (χ1) is 12.2. The Morgan fingerprint density at radius 2 is 1.92 bits per heavy atom. The highest BCUT2D eigenvalue weighted by molar-refractivity contribution is 7.17. The van der Waals surface area contributed by atoms with Gasteiger partial charge in [-0.3, -0.25) is 4.79 Å². The van der Waals surface area contributed by atoms with Crippen LogP contribution in [0.5, 0.6) is 5.75 Å². The van der Waals surface area contributed by atoms with E-state index in [2.05, 4.69) is 25.6 Å². The van der Waals surface area contributed by atoms with Crippen molar-refractivity contribution >= 4 is 28.3 Å². The number of thiazole rings is 1. The highest BCUT2D eigenvalue weighted by Crippen LogP contribution is 2.20. The van der Waals surface area contributed by atoms with Crippen LogP contribution in [0, 0.1) is 0 Å². The van der Waals surface area contributed by atoms with Gasteiger partial charge in [0.05, 0.1) is 13.3 Å². The van der Waals surface area contributed by atoms with E-state index < -0.39 is 0 Å². The van der Waals surface area contributed by atoms with E-state index in [0.29, 0.717) is 22.5 Å². The molecule has 0 fully saturated rings. The summed E-state index contributed by atoms with van der Waals surface area (Å²) in [5, 5.41) is 6.44. The Hall–Kier alpha value is -3.00. The predicted octanol–water partition coefficient (Wildman–Crippen LogP) is 2.66. The number of methoxy groups -OCH3 is 1. The lowest BCUT2D eigenvalue weighted by molar-refractivity contribution is 0.0958. The molecule has 0 aliphatic rings. The molecular formula is C17H17N5O2S. The number of amides is 1. The number of anilines is 2. The molecule has 3 rings (SSSR count). The van der Waals surface area contributed by atoms with Gasteiger partial charge in [-0.05, 0) is 30.2 Å². The van der Waals surface area contributed by atoms with Crippen LogP contribution in [-0.2, 0) is 6.42 Å². The summed E-state index contributed by atoms with van der Waals surface area (Å²) < 4.78 is 5.12. The SMILES string of the molecule is COc1ccc(CCNC(=O)c2cnc(Nc3ncccn3)s2)cc1. The Morgan fingerprint density at radius 1 is 1.16 bits per heavy atom. The molecule has 0 unspecified atom stereocenters. The van der Waals surface area contributed by atoms with Crippen LogP contribution in [-0.4, -0.2) is 34.5 Å². The highest BCUT2D eigenvalue weighted by Gasteiger charge is 2.10. The second kappa shape index (κ2) is 8.20. The van der Waals surface area contributed by atoms with Crippen LogP contribution in [0.3, 0.4) is 0 Å². The third kappa shape index (κ3) is 4.74. The molecule has 2 heterocycles. The molecule has 0 aliphatic carbocycles. The Balaban J connectivity index is 1.49. The number of carbonyl (C=O) groups excluding carboxylic acids is 1. The summed E-state index contributed by atoms with van der Waals surface area (Å²) in [5.74, 6) is 1.12. The minimum atomic E-state index is -0.145. The molecule has 0 saturated heterocycles. The van der Waals surface area contributed by atoms with Gasteiger partial charge in [-0.15, -0.1) is 0 Å². The molecule has 0 atom stereocenters. The zero-order chi connectivity index (χ0) is 17.5. The van der Waals surface area contributed by atoms with Crippen molar-refractivity contribution in [2.75, 3.05) is 19.0 Å². The second-order valence-corrected chi connectivity index (χ2v) is 6.11. The standard InChI is InChI=1S/C17H17N5O2S/c1-24-13-5-3-12(4-6-13)7-10-18-15(23)14-11-21-17(25-14)22-16-19-8-2-9-20-16/h2-6,8-9,11H,7,10H2,1H3,(H,18,23)(H,19,20,21,22). The fourth-order valence-corrected chi connectivity index (χ4v) is 2.82. The van der Waals surface area contributed by atoms with E-state index in [1.165, 1.54) is 11.3 Å². The average Bonchev–Trinajstić information content (AvgIpc) is 3.12. The lowest BCUT2D eigenvalue weighted by Crippen LogP contribution is -2.24. The van der Waals surface area contributed by atoms with Crippen LogP contribution in [0.4, 0.5) is 11.1 Å². The number of aromatic nitrogens is 3. The Morgan fingerprint density at radius 3 is 2.64 bits per heavy atom. The summed E-state index contributed by atoms with van der Waals surface area (Å²) >= 11 is 1.26. The quantitative estimate of drug-likeness (QED) is 0.677. The van der Waals surface area contributed by atoms with Gasteiger partial charge in [0.15, 0.2) is 5.13 Å². The van der Waals surface area contributed by atoms with Crippen LogP contribution >= 0.6 is 11.3 Å². The maximum atomic E-state index is 12.2. The van der Waals surface area contributed by atoms with Crippen molar-refractivity contribution in [3.63, 3.8) is 0 Å². The van der Waals surface area contributed by atoms with E-state index in [9.17, 15) is 4.79 Å². The summed E-state index contributed by atoms with van der Waals surface area (Å²) in [4.78, 5) is 25.0. The molecule has 0 saturated carbocycles. The summed E-state index contributed by atoms with van der Waals surface area (Å²) in [5.41, 5.74) is 1.13. The molecule has 25 heavy (non-hydrogen) atoms. The Kier molecular flexibility index (Phi) is 5.53. The third-order valence-corrected chi connectivity index (χ3v) is 4.28. The summed E-state index contributed by atoms with van der Waals surface area (Å²) in [7, 11) is 1.64. The van der Waals surface area contributed by atoms with E-state index >= 15 is 0 Å². The minimum Gasteiger partial charge on any atom is -0.497 e. The number of hydrogen-bond donors (Lipinski definition) is 2. The van der Waals surface area contributed by atoms with Crippen molar-refractivity contribution in [2.45, 2.75) is 6.42 Å². The van der Waals surface area contributed by atoms with Gasteiger partial charge in [-0.2, -0.15) is 0 Å². The normalized spacial score (nSPS) is 10.3. The van der Waals surface area contributed by atoms with Crippen LogP contribution < -0.4 is 15.4 Å². The maximum Gasteiger partial charge on any atom is 0.263 e. The first kappa shape index (κ1) is 16.8. The van der Waals surface area contributed by atoms with Gasteiger partial charge in [0, 0.05) is 18.9 Å².